The van der Waals surface area contributed by atoms with E-state index in [1.807, 2.05) is 0 Å². The largest absolute Gasteiger partial charge is 0.534 e. The summed E-state index contributed by atoms with van der Waals surface area (Å²) in [5.74, 6) is 2.00. The van der Waals surface area contributed by atoms with Crippen molar-refractivity contribution in [3.8, 4) is 18.1 Å². The Hall–Kier alpha value is -1.68. The summed E-state index contributed by atoms with van der Waals surface area (Å²) in [6.07, 6.45) is 6.45. The third kappa shape index (κ3) is 4.41. The van der Waals surface area contributed by atoms with Gasteiger partial charge in [0.25, 0.3) is 0 Å². The van der Waals surface area contributed by atoms with Crippen molar-refractivity contribution in [2.45, 2.75) is 44.5 Å². The quantitative estimate of drug-likeness (QED) is 0.342. The van der Waals surface area contributed by atoms with Crippen molar-refractivity contribution < 1.29 is 25.8 Å². The van der Waals surface area contributed by atoms with Crippen molar-refractivity contribution in [2.24, 2.45) is 0 Å². The van der Waals surface area contributed by atoms with Crippen molar-refractivity contribution in [2.75, 3.05) is 0 Å². The number of para-hydroxylation sites is 1. The molecule has 0 heterocycles. The Morgan fingerprint density at radius 2 is 1.95 bits per heavy atom. The molecule has 0 bridgehead atoms. The molecule has 0 saturated heterocycles. The van der Waals surface area contributed by atoms with Crippen LogP contribution in [0.5, 0.6) is 5.75 Å². The minimum Gasteiger partial charge on any atom is -0.375 e. The van der Waals surface area contributed by atoms with Gasteiger partial charge in [0.2, 0.25) is 0 Å². The summed E-state index contributed by atoms with van der Waals surface area (Å²) >= 11 is 0. The molecule has 22 heavy (non-hydrogen) atoms. The minimum atomic E-state index is -5.70. The van der Waals surface area contributed by atoms with E-state index in [2.05, 4.69) is 10.1 Å². The zero-order valence-electron chi connectivity index (χ0n) is 12.3. The summed E-state index contributed by atoms with van der Waals surface area (Å²) in [7, 11) is -5.70. The fourth-order valence-electron chi connectivity index (χ4n) is 1.90. The van der Waals surface area contributed by atoms with E-state index >= 15 is 0 Å². The number of halogens is 3. The predicted molar refractivity (Wildman–Crippen MR) is 77.9 cm³/mol. The van der Waals surface area contributed by atoms with E-state index in [1.54, 1.807) is 32.0 Å². The van der Waals surface area contributed by atoms with Gasteiger partial charge in [0.15, 0.2) is 0 Å². The van der Waals surface area contributed by atoms with Gasteiger partial charge in [0.1, 0.15) is 5.75 Å². The van der Waals surface area contributed by atoms with Gasteiger partial charge < -0.3 is 4.18 Å². The molecule has 1 aromatic carbocycles. The smallest absolute Gasteiger partial charge is 0.375 e. The van der Waals surface area contributed by atoms with Gasteiger partial charge in [-0.25, -0.2) is 0 Å². The molecule has 0 aliphatic heterocycles. The Labute approximate surface area is 128 Å². The Balaban J connectivity index is 3.27. The van der Waals surface area contributed by atoms with Gasteiger partial charge in [-0.1, -0.05) is 32.0 Å². The Kier molecular flexibility index (Phi) is 5.89. The third-order valence-corrected chi connectivity index (χ3v) is 3.95. The molecule has 0 spiro atoms. The molecule has 0 saturated carbocycles. The number of benzene rings is 1. The number of unbranched alkanes of at least 4 members (excludes halogenated alkanes) is 1. The second-order valence-corrected chi connectivity index (χ2v) is 6.57. The van der Waals surface area contributed by atoms with E-state index in [4.69, 9.17) is 6.42 Å². The van der Waals surface area contributed by atoms with Gasteiger partial charge in [-0.05, 0) is 29.9 Å². The van der Waals surface area contributed by atoms with Crippen LogP contribution in [0.25, 0.3) is 0 Å². The fraction of sp³-hybridized carbons (Fsp3) is 0.467. The van der Waals surface area contributed by atoms with Crippen LogP contribution in [0.2, 0.25) is 0 Å². The van der Waals surface area contributed by atoms with E-state index in [9.17, 15) is 21.6 Å². The van der Waals surface area contributed by atoms with Crippen molar-refractivity contribution in [3.63, 3.8) is 0 Å². The molecule has 0 unspecified atom stereocenters. The van der Waals surface area contributed by atoms with Crippen LogP contribution in [0.3, 0.4) is 0 Å². The van der Waals surface area contributed by atoms with Crippen LogP contribution >= 0.6 is 0 Å². The van der Waals surface area contributed by atoms with E-state index in [0.717, 1.165) is 0 Å². The molecule has 0 amide bonds. The monoisotopic (exact) mass is 334 g/mol. The van der Waals surface area contributed by atoms with E-state index in [-0.39, 0.29) is 11.7 Å². The van der Waals surface area contributed by atoms with E-state index in [1.165, 1.54) is 0 Å². The molecule has 7 heteroatoms. The highest BCUT2D eigenvalue weighted by molar-refractivity contribution is 7.88. The number of alkyl halides is 3. The molecule has 0 aliphatic rings. The second-order valence-electron chi connectivity index (χ2n) is 5.03. The van der Waals surface area contributed by atoms with Crippen molar-refractivity contribution >= 4 is 10.1 Å². The summed E-state index contributed by atoms with van der Waals surface area (Å²) in [6.45, 7) is 3.49. The van der Waals surface area contributed by atoms with Crippen molar-refractivity contribution in [1.29, 1.82) is 0 Å². The SMILES string of the molecule is C#CCCCc1cccc(C(C)C)c1OS(=O)(=O)C(F)(F)F. The highest BCUT2D eigenvalue weighted by atomic mass is 32.2. The Bertz CT molecular complexity index is 656. The van der Waals surface area contributed by atoms with Gasteiger partial charge in [0, 0.05) is 6.42 Å². The lowest BCUT2D eigenvalue weighted by Gasteiger charge is -2.18. The zero-order chi connectivity index (χ0) is 17.0. The summed E-state index contributed by atoms with van der Waals surface area (Å²) in [4.78, 5) is 0. The van der Waals surface area contributed by atoms with Crippen LogP contribution in [0, 0.1) is 12.3 Å². The van der Waals surface area contributed by atoms with Crippen LogP contribution in [-0.2, 0) is 16.5 Å². The number of hydrogen-bond donors (Lipinski definition) is 0. The van der Waals surface area contributed by atoms with Gasteiger partial charge >= 0.3 is 15.6 Å². The van der Waals surface area contributed by atoms with E-state index < -0.39 is 15.6 Å². The highest BCUT2D eigenvalue weighted by Gasteiger charge is 2.49. The topological polar surface area (TPSA) is 43.4 Å². The van der Waals surface area contributed by atoms with Crippen LogP contribution in [0.1, 0.15) is 43.7 Å². The van der Waals surface area contributed by atoms with Crippen molar-refractivity contribution in [3.05, 3.63) is 29.3 Å². The summed E-state index contributed by atoms with van der Waals surface area (Å²) in [6, 6.07) is 4.76. The highest BCUT2D eigenvalue weighted by Crippen LogP contribution is 2.35. The molecule has 0 atom stereocenters. The lowest BCUT2D eigenvalue weighted by atomic mass is 9.97. The average Bonchev–Trinajstić information content (AvgIpc) is 2.38. The fourth-order valence-corrected chi connectivity index (χ4v) is 2.41. The first kappa shape index (κ1) is 18.4. The van der Waals surface area contributed by atoms with Gasteiger partial charge in [-0.2, -0.15) is 21.6 Å². The molecule has 0 radical (unpaired) electrons. The van der Waals surface area contributed by atoms with Crippen LogP contribution in [0.4, 0.5) is 13.2 Å². The third-order valence-electron chi connectivity index (χ3n) is 2.99. The lowest BCUT2D eigenvalue weighted by Crippen LogP contribution is -2.28. The molecular formula is C15H17F3O3S. The first-order chi connectivity index (χ1) is 10.1. The average molecular weight is 334 g/mol. The van der Waals surface area contributed by atoms with Crippen LogP contribution in [-0.4, -0.2) is 13.9 Å². The normalized spacial score (nSPS) is 12.2. The predicted octanol–water partition coefficient (Wildman–Crippen LogP) is 3.99. The summed E-state index contributed by atoms with van der Waals surface area (Å²) < 4.78 is 64.7. The summed E-state index contributed by atoms with van der Waals surface area (Å²) in [5, 5.41) is 0. The Morgan fingerprint density at radius 1 is 1.32 bits per heavy atom. The molecule has 0 aromatic heterocycles. The van der Waals surface area contributed by atoms with Crippen LogP contribution < -0.4 is 4.18 Å². The number of rotatable bonds is 6. The summed E-state index contributed by atoms with van der Waals surface area (Å²) in [5.41, 5.74) is -4.66. The maximum Gasteiger partial charge on any atom is 0.534 e. The molecule has 1 aromatic rings. The molecule has 0 aliphatic carbocycles. The molecular weight excluding hydrogens is 317 g/mol. The minimum absolute atomic E-state index is 0.189. The molecule has 122 valence electrons. The van der Waals surface area contributed by atoms with Gasteiger partial charge in [-0.3, -0.25) is 0 Å². The maximum atomic E-state index is 12.6. The molecule has 0 N–H and O–H groups in total. The first-order valence-electron chi connectivity index (χ1n) is 6.66. The van der Waals surface area contributed by atoms with E-state index in [0.29, 0.717) is 30.4 Å². The molecule has 3 nitrogen and oxygen atoms in total. The lowest BCUT2D eigenvalue weighted by molar-refractivity contribution is -0.0500. The zero-order valence-corrected chi connectivity index (χ0v) is 13.1. The standard InChI is InChI=1S/C15H17F3O3S/c1-4-5-6-8-12-9-7-10-13(11(2)3)14(12)21-22(19,20)15(16,17)18/h1,7,9-11H,5-6,8H2,2-3H3. The number of hydrogen-bond acceptors (Lipinski definition) is 3. The molecule has 1 rings (SSSR count). The second kappa shape index (κ2) is 7.05. The Morgan fingerprint density at radius 3 is 2.45 bits per heavy atom. The molecule has 0 fully saturated rings. The van der Waals surface area contributed by atoms with Crippen molar-refractivity contribution in [1.82, 2.24) is 0 Å². The van der Waals surface area contributed by atoms with Gasteiger partial charge in [-0.15, -0.1) is 12.3 Å². The van der Waals surface area contributed by atoms with Crippen LogP contribution in [0.15, 0.2) is 18.2 Å². The van der Waals surface area contributed by atoms with Gasteiger partial charge in [0.05, 0.1) is 0 Å². The number of aryl methyl sites for hydroxylation is 1. The maximum absolute atomic E-state index is 12.6. The number of terminal acetylenes is 1. The first-order valence-corrected chi connectivity index (χ1v) is 8.07.